The number of nitrogens with zero attached hydrogens (tertiary/aromatic N) is 2. The van der Waals surface area contributed by atoms with Crippen LogP contribution in [0.15, 0.2) is 58.1 Å². The number of hydrazone groups is 1. The molecule has 1 amide bonds. The first-order chi connectivity index (χ1) is 10.5. The number of carbonyl (C=O) groups is 1. The molecule has 0 aliphatic carbocycles. The molecule has 0 saturated carbocycles. The number of rotatable bonds is 5. The van der Waals surface area contributed by atoms with Gasteiger partial charge >= 0.3 is 0 Å². The molecule has 0 saturated heterocycles. The molecule has 1 N–H and O–H groups in total. The van der Waals surface area contributed by atoms with E-state index < -0.39 is 4.92 Å². The first-order valence-electron chi connectivity index (χ1n) is 6.35. The molecule has 0 unspecified atom stereocenters. The quantitative estimate of drug-likeness (QED) is 0.504. The smallest absolute Gasteiger partial charge is 0.269 e. The van der Waals surface area contributed by atoms with E-state index in [0.717, 1.165) is 10.0 Å². The van der Waals surface area contributed by atoms with Crippen molar-refractivity contribution in [2.45, 2.75) is 6.42 Å². The summed E-state index contributed by atoms with van der Waals surface area (Å²) in [6.07, 6.45) is 1.55. The Morgan fingerprint density at radius 1 is 1.27 bits per heavy atom. The molecule has 2 rings (SSSR count). The fourth-order valence-electron chi connectivity index (χ4n) is 1.73. The number of hydrogen-bond acceptors (Lipinski definition) is 4. The van der Waals surface area contributed by atoms with Crippen molar-refractivity contribution in [2.24, 2.45) is 5.10 Å². The topological polar surface area (TPSA) is 84.6 Å². The van der Waals surface area contributed by atoms with E-state index in [1.807, 2.05) is 24.3 Å². The van der Waals surface area contributed by atoms with E-state index in [4.69, 9.17) is 0 Å². The van der Waals surface area contributed by atoms with Crippen LogP contribution in [0.3, 0.4) is 0 Å². The molecule has 0 heterocycles. The van der Waals surface area contributed by atoms with Gasteiger partial charge in [0.2, 0.25) is 5.91 Å². The van der Waals surface area contributed by atoms with Gasteiger partial charge in [0.25, 0.3) is 5.69 Å². The van der Waals surface area contributed by atoms with Gasteiger partial charge in [0.05, 0.1) is 17.6 Å². The van der Waals surface area contributed by atoms with Gasteiger partial charge in [0, 0.05) is 16.6 Å². The number of non-ortho nitro benzene ring substituents is 1. The Morgan fingerprint density at radius 2 is 2.00 bits per heavy atom. The van der Waals surface area contributed by atoms with Crippen molar-refractivity contribution in [1.29, 1.82) is 0 Å². The van der Waals surface area contributed by atoms with Crippen molar-refractivity contribution in [3.05, 3.63) is 74.2 Å². The Labute approximate surface area is 135 Å². The summed E-state index contributed by atoms with van der Waals surface area (Å²) in [4.78, 5) is 21.9. The summed E-state index contributed by atoms with van der Waals surface area (Å²) in [6.45, 7) is 0. The maximum atomic E-state index is 11.7. The molecule has 0 aromatic heterocycles. The number of halogens is 1. The van der Waals surface area contributed by atoms with Gasteiger partial charge in [0.1, 0.15) is 0 Å². The van der Waals surface area contributed by atoms with Crippen LogP contribution in [0.1, 0.15) is 11.1 Å². The van der Waals surface area contributed by atoms with E-state index in [9.17, 15) is 14.9 Å². The Morgan fingerprint density at radius 3 is 2.68 bits per heavy atom. The van der Waals surface area contributed by atoms with Crippen LogP contribution in [0, 0.1) is 10.1 Å². The highest BCUT2D eigenvalue weighted by Crippen LogP contribution is 2.13. The van der Waals surface area contributed by atoms with E-state index in [0.29, 0.717) is 5.56 Å². The van der Waals surface area contributed by atoms with Crippen molar-refractivity contribution in [3.8, 4) is 0 Å². The van der Waals surface area contributed by atoms with Gasteiger partial charge < -0.3 is 0 Å². The molecular formula is C15H12BrN3O3. The van der Waals surface area contributed by atoms with Gasteiger partial charge in [-0.25, -0.2) is 5.43 Å². The molecule has 2 aromatic rings. The summed E-state index contributed by atoms with van der Waals surface area (Å²) in [7, 11) is 0. The maximum absolute atomic E-state index is 11.7. The van der Waals surface area contributed by atoms with Gasteiger partial charge in [-0.2, -0.15) is 5.10 Å². The third-order valence-corrected chi connectivity index (χ3v) is 3.29. The van der Waals surface area contributed by atoms with E-state index in [1.54, 1.807) is 12.1 Å². The number of nitro groups is 1. The lowest BCUT2D eigenvalue weighted by atomic mass is 10.1. The standard InChI is InChI=1S/C15H12BrN3O3/c16-13-6-4-11(5-7-13)10-17-18-15(20)9-12-2-1-3-14(8-12)19(21)22/h1-8,10H,9H2,(H,18,20)/b17-10+. The molecule has 2 aromatic carbocycles. The normalized spacial score (nSPS) is 10.6. The molecule has 0 bridgehead atoms. The van der Waals surface area contributed by atoms with E-state index >= 15 is 0 Å². The molecule has 0 fully saturated rings. The van der Waals surface area contributed by atoms with Crippen LogP contribution in [0.25, 0.3) is 0 Å². The van der Waals surface area contributed by atoms with Gasteiger partial charge in [-0.1, -0.05) is 40.2 Å². The molecule has 0 spiro atoms. The summed E-state index contributed by atoms with van der Waals surface area (Å²) < 4.78 is 0.958. The number of nitrogens with one attached hydrogen (secondary N) is 1. The van der Waals surface area contributed by atoms with E-state index in [1.165, 1.54) is 18.3 Å². The molecule has 6 nitrogen and oxygen atoms in total. The van der Waals surface area contributed by atoms with Gasteiger partial charge in [-0.05, 0) is 23.3 Å². The highest BCUT2D eigenvalue weighted by Gasteiger charge is 2.08. The predicted molar refractivity (Wildman–Crippen MR) is 86.7 cm³/mol. The molecule has 112 valence electrons. The molecule has 0 radical (unpaired) electrons. The third-order valence-electron chi connectivity index (χ3n) is 2.76. The van der Waals surface area contributed by atoms with Gasteiger partial charge in [0.15, 0.2) is 0 Å². The lowest BCUT2D eigenvalue weighted by Gasteiger charge is -2.00. The van der Waals surface area contributed by atoms with Crippen LogP contribution < -0.4 is 5.43 Å². The molecular weight excluding hydrogens is 350 g/mol. The predicted octanol–water partition coefficient (Wildman–Crippen LogP) is 3.05. The SMILES string of the molecule is O=C(Cc1cccc([N+](=O)[O-])c1)N/N=C/c1ccc(Br)cc1. The Hall–Kier alpha value is -2.54. The van der Waals surface area contributed by atoms with Crippen LogP contribution in [-0.2, 0) is 11.2 Å². The lowest BCUT2D eigenvalue weighted by molar-refractivity contribution is -0.384. The fourth-order valence-corrected chi connectivity index (χ4v) is 2.00. The van der Waals surface area contributed by atoms with Crippen LogP contribution in [0.5, 0.6) is 0 Å². The van der Waals surface area contributed by atoms with E-state index in [-0.39, 0.29) is 18.0 Å². The van der Waals surface area contributed by atoms with E-state index in [2.05, 4.69) is 26.5 Å². The van der Waals surface area contributed by atoms with Crippen LogP contribution in [0.4, 0.5) is 5.69 Å². The van der Waals surface area contributed by atoms with Crippen molar-refractivity contribution in [2.75, 3.05) is 0 Å². The summed E-state index contributed by atoms with van der Waals surface area (Å²) in [5, 5.41) is 14.5. The summed E-state index contributed by atoms with van der Waals surface area (Å²) in [5.41, 5.74) is 3.76. The minimum atomic E-state index is -0.493. The first kappa shape index (κ1) is 15.8. The number of hydrogen-bond donors (Lipinski definition) is 1. The Kier molecular flexibility index (Phi) is 5.37. The minimum Gasteiger partial charge on any atom is -0.273 e. The second-order valence-electron chi connectivity index (χ2n) is 4.45. The highest BCUT2D eigenvalue weighted by molar-refractivity contribution is 9.10. The second-order valence-corrected chi connectivity index (χ2v) is 5.36. The van der Waals surface area contributed by atoms with Gasteiger partial charge in [-0.3, -0.25) is 14.9 Å². The molecule has 0 aliphatic heterocycles. The molecule has 7 heteroatoms. The van der Waals surface area contributed by atoms with Gasteiger partial charge in [-0.15, -0.1) is 0 Å². The average molecular weight is 362 g/mol. The zero-order chi connectivity index (χ0) is 15.9. The summed E-state index contributed by atoms with van der Waals surface area (Å²) in [6, 6.07) is 13.4. The van der Waals surface area contributed by atoms with Crippen molar-refractivity contribution >= 4 is 33.7 Å². The third kappa shape index (κ3) is 4.78. The molecule has 22 heavy (non-hydrogen) atoms. The van der Waals surface area contributed by atoms with Crippen LogP contribution in [0.2, 0.25) is 0 Å². The fraction of sp³-hybridized carbons (Fsp3) is 0.0667. The Bertz CT molecular complexity index is 714. The number of carbonyl (C=O) groups excluding carboxylic acids is 1. The minimum absolute atomic E-state index is 0.0271. The number of amides is 1. The zero-order valence-corrected chi connectivity index (χ0v) is 13.0. The summed E-state index contributed by atoms with van der Waals surface area (Å²) >= 11 is 3.33. The molecule has 0 atom stereocenters. The second kappa shape index (κ2) is 7.46. The largest absolute Gasteiger partial charge is 0.273 e. The van der Waals surface area contributed by atoms with Crippen LogP contribution >= 0.6 is 15.9 Å². The van der Waals surface area contributed by atoms with Crippen molar-refractivity contribution in [1.82, 2.24) is 5.43 Å². The lowest BCUT2D eigenvalue weighted by Crippen LogP contribution is -2.19. The first-order valence-corrected chi connectivity index (χ1v) is 7.15. The highest BCUT2D eigenvalue weighted by atomic mass is 79.9. The zero-order valence-electron chi connectivity index (χ0n) is 11.4. The maximum Gasteiger partial charge on any atom is 0.269 e. The Balaban J connectivity index is 1.91. The van der Waals surface area contributed by atoms with Crippen molar-refractivity contribution < 1.29 is 9.72 Å². The summed E-state index contributed by atoms with van der Waals surface area (Å²) in [5.74, 6) is -0.339. The van der Waals surface area contributed by atoms with Crippen molar-refractivity contribution in [3.63, 3.8) is 0 Å². The number of benzene rings is 2. The monoisotopic (exact) mass is 361 g/mol. The van der Waals surface area contributed by atoms with Crippen LogP contribution in [-0.4, -0.2) is 17.0 Å². The number of nitro benzene ring substituents is 1. The average Bonchev–Trinajstić information content (AvgIpc) is 2.49. The molecule has 0 aliphatic rings.